The zero-order valence-electron chi connectivity index (χ0n) is 6.15. The van der Waals surface area contributed by atoms with Crippen LogP contribution in [0.4, 0.5) is 30.7 Å². The second-order valence-corrected chi connectivity index (χ2v) is 2.76. The Labute approximate surface area is 68.0 Å². The van der Waals surface area contributed by atoms with E-state index in [9.17, 15) is 30.7 Å². The fraction of sp³-hybridized carbons (Fsp3) is 0.667. The van der Waals surface area contributed by atoms with Crippen molar-refractivity contribution in [1.29, 1.82) is 0 Å². The summed E-state index contributed by atoms with van der Waals surface area (Å²) >= 11 is 0. The van der Waals surface area contributed by atoms with E-state index >= 15 is 0 Å². The lowest BCUT2D eigenvalue weighted by molar-refractivity contribution is -0.190. The summed E-state index contributed by atoms with van der Waals surface area (Å²) in [5.74, 6) is -7.40. The van der Waals surface area contributed by atoms with Crippen molar-refractivity contribution in [2.24, 2.45) is 0 Å². The van der Waals surface area contributed by atoms with Crippen LogP contribution in [0, 0.1) is 0 Å². The first-order chi connectivity index (χ1) is 5.53. The van der Waals surface area contributed by atoms with Crippen LogP contribution in [0.25, 0.3) is 0 Å². The number of allylic oxidation sites excluding steroid dienone is 2. The van der Waals surface area contributed by atoms with E-state index < -0.39 is 29.2 Å². The fourth-order valence-corrected chi connectivity index (χ4v) is 1.05. The van der Waals surface area contributed by atoms with Crippen molar-refractivity contribution < 1.29 is 30.7 Å². The highest BCUT2D eigenvalue weighted by Crippen LogP contribution is 2.59. The summed E-state index contributed by atoms with van der Waals surface area (Å²) < 4.78 is 84.3. The average molecular weight is 208 g/mol. The molecule has 0 aromatic carbocycles. The minimum absolute atomic E-state index is 0.00109. The Bertz CT molecular complexity index is 269. The zero-order chi connectivity index (χ0) is 10.7. The quantitative estimate of drug-likeness (QED) is 0.536. The van der Waals surface area contributed by atoms with E-state index in [-0.39, 0.29) is 6.92 Å². The predicted octanol–water partition coefficient (Wildman–Crippen LogP) is 3.15. The van der Waals surface area contributed by atoms with E-state index in [0.717, 1.165) is 0 Å². The molecule has 0 aromatic rings. The molecule has 0 saturated heterocycles. The molecule has 1 rings (SSSR count). The fourth-order valence-electron chi connectivity index (χ4n) is 1.05. The second kappa shape index (κ2) is 2.19. The third-order valence-corrected chi connectivity index (χ3v) is 1.84. The first-order valence-corrected chi connectivity index (χ1v) is 3.07. The number of halogens is 7. The molecule has 0 fully saturated rings. The Hall–Kier alpha value is -0.750. The molecule has 0 nitrogen and oxygen atoms in total. The molecule has 0 radical (unpaired) electrons. The second-order valence-electron chi connectivity index (χ2n) is 2.76. The van der Waals surface area contributed by atoms with Crippen LogP contribution in [-0.2, 0) is 0 Å². The minimum atomic E-state index is -5.39. The zero-order valence-corrected chi connectivity index (χ0v) is 6.15. The van der Waals surface area contributed by atoms with Gasteiger partial charge in [-0.15, -0.1) is 0 Å². The largest absolute Gasteiger partial charge is 0.418 e. The maximum atomic E-state index is 12.6. The van der Waals surface area contributed by atoms with Gasteiger partial charge < -0.3 is 0 Å². The lowest BCUT2D eigenvalue weighted by atomic mass is 9.77. The van der Waals surface area contributed by atoms with E-state index in [2.05, 4.69) is 0 Å². The van der Waals surface area contributed by atoms with Crippen LogP contribution in [0.5, 0.6) is 0 Å². The summed E-state index contributed by atoms with van der Waals surface area (Å²) in [7, 11) is 0. The van der Waals surface area contributed by atoms with Gasteiger partial charge in [0.15, 0.2) is 5.83 Å². The van der Waals surface area contributed by atoms with Crippen molar-refractivity contribution in [1.82, 2.24) is 0 Å². The highest BCUT2D eigenvalue weighted by atomic mass is 19.4. The van der Waals surface area contributed by atoms with Gasteiger partial charge in [0.05, 0.1) is 0 Å². The van der Waals surface area contributed by atoms with Crippen LogP contribution < -0.4 is 0 Å². The minimum Gasteiger partial charge on any atom is -0.232 e. The Kier molecular flexibility index (Phi) is 1.74. The molecule has 1 atom stereocenters. The first-order valence-electron chi connectivity index (χ1n) is 3.07. The summed E-state index contributed by atoms with van der Waals surface area (Å²) in [5, 5.41) is 0. The van der Waals surface area contributed by atoms with Gasteiger partial charge in [-0.3, -0.25) is 0 Å². The smallest absolute Gasteiger partial charge is 0.232 e. The lowest BCUT2D eigenvalue weighted by Gasteiger charge is -2.40. The Morgan fingerprint density at radius 2 is 1.46 bits per heavy atom. The van der Waals surface area contributed by atoms with Crippen LogP contribution in [0.2, 0.25) is 0 Å². The van der Waals surface area contributed by atoms with Crippen LogP contribution in [0.3, 0.4) is 0 Å². The van der Waals surface area contributed by atoms with Gasteiger partial charge in [0.2, 0.25) is 5.67 Å². The van der Waals surface area contributed by atoms with Gasteiger partial charge in [-0.1, -0.05) is 0 Å². The standard InChI is InChI=1S/C6H3F7/c1-4(8)2(6(11,12)13)3(7)5(4,9)10/h1H3. The van der Waals surface area contributed by atoms with Gasteiger partial charge in [0.1, 0.15) is 5.57 Å². The summed E-state index contributed by atoms with van der Waals surface area (Å²) in [6, 6.07) is 0. The van der Waals surface area contributed by atoms with E-state index in [0.29, 0.717) is 0 Å². The molecule has 0 bridgehead atoms. The Morgan fingerprint density at radius 1 is 1.08 bits per heavy atom. The highest BCUT2D eigenvalue weighted by molar-refractivity contribution is 5.44. The summed E-state index contributed by atoms with van der Waals surface area (Å²) in [4.78, 5) is 0. The Balaban J connectivity index is 3.23. The molecule has 0 saturated carbocycles. The number of hydrogen-bond donors (Lipinski definition) is 0. The predicted molar refractivity (Wildman–Crippen MR) is 28.6 cm³/mol. The molecule has 0 amide bonds. The molecular weight excluding hydrogens is 205 g/mol. The molecule has 1 aliphatic rings. The number of hydrogen-bond acceptors (Lipinski definition) is 0. The molecule has 76 valence electrons. The molecule has 1 unspecified atom stereocenters. The third-order valence-electron chi connectivity index (χ3n) is 1.84. The van der Waals surface area contributed by atoms with E-state index in [1.807, 2.05) is 0 Å². The van der Waals surface area contributed by atoms with Gasteiger partial charge >= 0.3 is 12.1 Å². The van der Waals surface area contributed by atoms with E-state index in [1.54, 1.807) is 0 Å². The van der Waals surface area contributed by atoms with Gasteiger partial charge in [0, 0.05) is 0 Å². The van der Waals surface area contributed by atoms with Crippen LogP contribution in [0.15, 0.2) is 11.4 Å². The average Bonchev–Trinajstić information content (AvgIpc) is 1.82. The highest BCUT2D eigenvalue weighted by Gasteiger charge is 2.74. The Morgan fingerprint density at radius 3 is 1.62 bits per heavy atom. The van der Waals surface area contributed by atoms with Crippen molar-refractivity contribution in [3.05, 3.63) is 11.4 Å². The molecule has 7 heteroatoms. The van der Waals surface area contributed by atoms with Gasteiger partial charge in [0.25, 0.3) is 0 Å². The van der Waals surface area contributed by atoms with Gasteiger partial charge in [-0.2, -0.15) is 22.0 Å². The van der Waals surface area contributed by atoms with Crippen molar-refractivity contribution in [2.75, 3.05) is 0 Å². The van der Waals surface area contributed by atoms with Gasteiger partial charge in [-0.05, 0) is 6.92 Å². The van der Waals surface area contributed by atoms with Gasteiger partial charge in [-0.25, -0.2) is 8.78 Å². The molecule has 0 aromatic heterocycles. The summed E-state index contributed by atoms with van der Waals surface area (Å²) in [5.41, 5.74) is -6.39. The maximum Gasteiger partial charge on any atom is 0.418 e. The topological polar surface area (TPSA) is 0 Å². The monoisotopic (exact) mass is 208 g/mol. The third kappa shape index (κ3) is 1.05. The van der Waals surface area contributed by atoms with Crippen molar-refractivity contribution in [2.45, 2.75) is 24.7 Å². The van der Waals surface area contributed by atoms with Crippen molar-refractivity contribution >= 4 is 0 Å². The SMILES string of the molecule is CC1(F)C(C(F)(F)F)=C(F)C1(F)F. The first kappa shape index (κ1) is 10.3. The summed E-state index contributed by atoms with van der Waals surface area (Å²) in [6.45, 7) is -0.00109. The normalized spacial score (nSPS) is 33.2. The lowest BCUT2D eigenvalue weighted by Crippen LogP contribution is -2.57. The molecule has 0 N–H and O–H groups in total. The molecule has 13 heavy (non-hydrogen) atoms. The molecule has 0 spiro atoms. The molecule has 0 aliphatic heterocycles. The van der Waals surface area contributed by atoms with Crippen molar-refractivity contribution in [3.63, 3.8) is 0 Å². The molecule has 1 aliphatic carbocycles. The number of rotatable bonds is 0. The summed E-state index contributed by atoms with van der Waals surface area (Å²) in [6.07, 6.45) is -5.39. The van der Waals surface area contributed by atoms with Crippen LogP contribution >= 0.6 is 0 Å². The van der Waals surface area contributed by atoms with E-state index in [4.69, 9.17) is 0 Å². The van der Waals surface area contributed by atoms with E-state index in [1.165, 1.54) is 0 Å². The molecule has 0 heterocycles. The molecular formula is C6H3F7. The number of alkyl halides is 6. The van der Waals surface area contributed by atoms with Crippen molar-refractivity contribution in [3.8, 4) is 0 Å². The van der Waals surface area contributed by atoms with Crippen LogP contribution in [-0.4, -0.2) is 17.8 Å². The maximum absolute atomic E-state index is 12.6. The van der Waals surface area contributed by atoms with Crippen LogP contribution in [0.1, 0.15) is 6.92 Å².